The third kappa shape index (κ3) is 4.96. The number of fused-ring (bicyclic) bond motifs is 3. The molecule has 0 fully saturated rings. The van der Waals surface area contributed by atoms with Crippen LogP contribution in [-0.2, 0) is 14.3 Å². The van der Waals surface area contributed by atoms with Crippen molar-refractivity contribution in [3.8, 4) is 23.0 Å². The molecule has 0 aromatic heterocycles. The van der Waals surface area contributed by atoms with E-state index in [1.165, 1.54) is 0 Å². The Hall–Kier alpha value is -3.83. The summed E-state index contributed by atoms with van der Waals surface area (Å²) in [6, 6.07) is 16.0. The number of carboxylic acid groups (broad SMARTS) is 1. The predicted molar refractivity (Wildman–Crippen MR) is 108 cm³/mol. The number of aliphatic carboxylic acids is 1. The molecule has 0 saturated heterocycles. The molecular weight excluding hydrogens is 388 g/mol. The van der Waals surface area contributed by atoms with Gasteiger partial charge < -0.3 is 25.6 Å². The van der Waals surface area contributed by atoms with Crippen LogP contribution in [0, 0.1) is 11.8 Å². The van der Waals surface area contributed by atoms with E-state index in [0.717, 1.165) is 22.3 Å². The van der Waals surface area contributed by atoms with Crippen molar-refractivity contribution in [3.63, 3.8) is 0 Å². The highest BCUT2D eigenvalue weighted by molar-refractivity contribution is 5.93. The Morgan fingerprint density at radius 2 is 1.60 bits per heavy atom. The van der Waals surface area contributed by atoms with E-state index in [2.05, 4.69) is 22.5 Å². The maximum Gasteiger partial charge on any atom is 0.407 e. The fraction of sp³-hybridized carbons (Fsp3) is 0.227. The molecule has 154 valence electrons. The van der Waals surface area contributed by atoms with Crippen molar-refractivity contribution < 1.29 is 29.3 Å². The third-order valence-corrected chi connectivity index (χ3v) is 4.61. The molecular formula is C22H20N2O6. The summed E-state index contributed by atoms with van der Waals surface area (Å²) >= 11 is 0. The van der Waals surface area contributed by atoms with Crippen molar-refractivity contribution >= 4 is 18.0 Å². The number of alkyl carbamates (subject to hydrolysis) is 1. The molecule has 0 unspecified atom stereocenters. The van der Waals surface area contributed by atoms with E-state index in [1.807, 2.05) is 48.5 Å². The van der Waals surface area contributed by atoms with Crippen molar-refractivity contribution in [1.82, 2.24) is 10.6 Å². The molecule has 1 aliphatic rings. The number of carbonyl (C=O) groups excluding carboxylic acids is 2. The van der Waals surface area contributed by atoms with Gasteiger partial charge in [0.2, 0.25) is 0 Å². The number of hydrogen-bond acceptors (Lipinski definition) is 5. The normalized spacial score (nSPS) is 12.6. The largest absolute Gasteiger partial charge is 0.479 e. The number of carbonyl (C=O) groups is 3. The molecule has 4 N–H and O–H groups in total. The number of ether oxygens (including phenoxy) is 1. The van der Waals surface area contributed by atoms with Crippen LogP contribution in [0.25, 0.3) is 11.1 Å². The van der Waals surface area contributed by atoms with Gasteiger partial charge in [0.25, 0.3) is 5.91 Å². The number of nitrogens with one attached hydrogen (secondary N) is 2. The van der Waals surface area contributed by atoms with Gasteiger partial charge in [-0.05, 0) is 28.2 Å². The van der Waals surface area contributed by atoms with Gasteiger partial charge in [-0.3, -0.25) is 4.79 Å². The SMILES string of the molecule is O=C(C#CCNC(=O)OCC1c2ccccc2-c2ccccc21)NC[C@H](O)C(=O)O. The van der Waals surface area contributed by atoms with Crippen molar-refractivity contribution in [2.75, 3.05) is 19.7 Å². The minimum Gasteiger partial charge on any atom is -0.479 e. The lowest BCUT2D eigenvalue weighted by Crippen LogP contribution is -2.36. The molecule has 1 aliphatic carbocycles. The van der Waals surface area contributed by atoms with Crippen LogP contribution in [-0.4, -0.2) is 54.0 Å². The van der Waals surface area contributed by atoms with E-state index in [1.54, 1.807) is 0 Å². The predicted octanol–water partition coefficient (Wildman–Crippen LogP) is 1.09. The maximum atomic E-state index is 12.0. The van der Waals surface area contributed by atoms with Crippen LogP contribution < -0.4 is 10.6 Å². The van der Waals surface area contributed by atoms with Gasteiger partial charge >= 0.3 is 12.1 Å². The highest BCUT2D eigenvalue weighted by Crippen LogP contribution is 2.44. The summed E-state index contributed by atoms with van der Waals surface area (Å²) < 4.78 is 5.34. The van der Waals surface area contributed by atoms with Gasteiger partial charge in [0.15, 0.2) is 6.10 Å². The van der Waals surface area contributed by atoms with E-state index >= 15 is 0 Å². The number of benzene rings is 2. The molecule has 3 rings (SSSR count). The number of amides is 2. The lowest BCUT2D eigenvalue weighted by atomic mass is 9.98. The van der Waals surface area contributed by atoms with Crippen molar-refractivity contribution in [2.45, 2.75) is 12.0 Å². The van der Waals surface area contributed by atoms with Crippen molar-refractivity contribution in [2.24, 2.45) is 0 Å². The Kier molecular flexibility index (Phi) is 6.67. The van der Waals surface area contributed by atoms with Crippen LogP contribution >= 0.6 is 0 Å². The molecule has 0 heterocycles. The molecule has 0 aliphatic heterocycles. The van der Waals surface area contributed by atoms with Gasteiger partial charge in [-0.2, -0.15) is 0 Å². The summed E-state index contributed by atoms with van der Waals surface area (Å²) in [4.78, 5) is 33.8. The molecule has 30 heavy (non-hydrogen) atoms. The molecule has 0 bridgehead atoms. The summed E-state index contributed by atoms with van der Waals surface area (Å²) in [5.74, 6) is 2.35. The van der Waals surface area contributed by atoms with Crippen molar-refractivity contribution in [1.29, 1.82) is 0 Å². The Bertz CT molecular complexity index is 978. The number of aliphatic hydroxyl groups is 1. The first-order valence-corrected chi connectivity index (χ1v) is 9.23. The zero-order valence-corrected chi connectivity index (χ0v) is 15.9. The molecule has 2 aromatic rings. The molecule has 0 radical (unpaired) electrons. The number of rotatable bonds is 6. The highest BCUT2D eigenvalue weighted by Gasteiger charge is 2.28. The Balaban J connectivity index is 1.47. The first-order chi connectivity index (χ1) is 14.5. The standard InChI is InChI=1S/C22H20N2O6/c25-19(21(27)28)12-24-20(26)10-5-11-23-22(29)30-13-18-16-8-3-1-6-14(16)15-7-2-4-9-17(15)18/h1-4,6-9,18-19,25H,11-13H2,(H,23,29)(H,24,26)(H,27,28)/t19-/m0/s1. The van der Waals surface area contributed by atoms with E-state index in [0.29, 0.717) is 0 Å². The van der Waals surface area contributed by atoms with Crippen LogP contribution in [0.4, 0.5) is 4.79 Å². The number of hydrogen-bond donors (Lipinski definition) is 4. The van der Waals surface area contributed by atoms with Crippen LogP contribution in [0.1, 0.15) is 17.0 Å². The van der Waals surface area contributed by atoms with Gasteiger partial charge in [0.1, 0.15) is 6.61 Å². The van der Waals surface area contributed by atoms with Gasteiger partial charge in [-0.25, -0.2) is 9.59 Å². The van der Waals surface area contributed by atoms with Crippen LogP contribution in [0.15, 0.2) is 48.5 Å². The molecule has 0 saturated carbocycles. The second kappa shape index (κ2) is 9.58. The highest BCUT2D eigenvalue weighted by atomic mass is 16.5. The van der Waals surface area contributed by atoms with Gasteiger partial charge in [0.05, 0.1) is 13.1 Å². The van der Waals surface area contributed by atoms with Gasteiger partial charge in [-0.1, -0.05) is 54.5 Å². The fourth-order valence-electron chi connectivity index (χ4n) is 3.21. The quantitative estimate of drug-likeness (QED) is 0.531. The topological polar surface area (TPSA) is 125 Å². The first-order valence-electron chi connectivity index (χ1n) is 9.23. The van der Waals surface area contributed by atoms with E-state index < -0.39 is 30.6 Å². The second-order valence-corrected chi connectivity index (χ2v) is 6.54. The summed E-state index contributed by atoms with van der Waals surface area (Å²) in [6.07, 6.45) is -2.36. The number of aliphatic hydroxyl groups excluding tert-OH is 1. The lowest BCUT2D eigenvalue weighted by molar-refractivity contribution is -0.146. The summed E-state index contributed by atoms with van der Waals surface area (Å²) in [7, 11) is 0. The minimum atomic E-state index is -1.70. The summed E-state index contributed by atoms with van der Waals surface area (Å²) in [5, 5.41) is 22.1. The minimum absolute atomic E-state index is 0.0549. The Labute approximate surface area is 172 Å². The van der Waals surface area contributed by atoms with Crippen LogP contribution in [0.2, 0.25) is 0 Å². The van der Waals surface area contributed by atoms with E-state index in [9.17, 15) is 14.4 Å². The Morgan fingerprint density at radius 3 is 2.20 bits per heavy atom. The second-order valence-electron chi connectivity index (χ2n) is 6.54. The average molecular weight is 408 g/mol. The summed E-state index contributed by atoms with van der Waals surface area (Å²) in [5.41, 5.74) is 4.47. The zero-order chi connectivity index (χ0) is 21.5. The maximum absolute atomic E-state index is 12.0. The smallest absolute Gasteiger partial charge is 0.407 e. The molecule has 8 heteroatoms. The molecule has 2 amide bonds. The van der Waals surface area contributed by atoms with E-state index in [-0.39, 0.29) is 19.1 Å². The molecule has 0 spiro atoms. The monoisotopic (exact) mass is 408 g/mol. The molecule has 1 atom stereocenters. The lowest BCUT2D eigenvalue weighted by Gasteiger charge is -2.14. The van der Waals surface area contributed by atoms with Gasteiger partial charge in [0, 0.05) is 5.92 Å². The van der Waals surface area contributed by atoms with E-state index in [4.69, 9.17) is 14.9 Å². The average Bonchev–Trinajstić information content (AvgIpc) is 3.07. The molecule has 8 nitrogen and oxygen atoms in total. The third-order valence-electron chi connectivity index (χ3n) is 4.61. The van der Waals surface area contributed by atoms with Crippen LogP contribution in [0.3, 0.4) is 0 Å². The fourth-order valence-corrected chi connectivity index (χ4v) is 3.21. The zero-order valence-electron chi connectivity index (χ0n) is 15.9. The van der Waals surface area contributed by atoms with Crippen LogP contribution in [0.5, 0.6) is 0 Å². The Morgan fingerprint density at radius 1 is 1.00 bits per heavy atom. The number of carboxylic acids is 1. The van der Waals surface area contributed by atoms with Crippen molar-refractivity contribution in [3.05, 3.63) is 59.7 Å². The first kappa shape index (κ1) is 20.9. The van der Waals surface area contributed by atoms with Gasteiger partial charge in [-0.15, -0.1) is 0 Å². The summed E-state index contributed by atoms with van der Waals surface area (Å²) in [6.45, 7) is -0.408. The molecule has 2 aromatic carbocycles.